The molecule has 0 spiro atoms. The summed E-state index contributed by atoms with van der Waals surface area (Å²) in [5.74, 6) is 1.54. The fraction of sp³-hybridized carbons (Fsp3) is 0.286. The van der Waals surface area contributed by atoms with Gasteiger partial charge in [-0.25, -0.2) is 9.97 Å². The van der Waals surface area contributed by atoms with Gasteiger partial charge in [0.1, 0.15) is 5.75 Å². The van der Waals surface area contributed by atoms with Gasteiger partial charge in [0.05, 0.1) is 7.11 Å². The summed E-state index contributed by atoms with van der Waals surface area (Å²) >= 11 is 0. The molecular formula is C14H17N3O. The van der Waals surface area contributed by atoms with Gasteiger partial charge in [-0.15, -0.1) is 0 Å². The summed E-state index contributed by atoms with van der Waals surface area (Å²) < 4.78 is 5.11. The molecule has 4 nitrogen and oxygen atoms in total. The van der Waals surface area contributed by atoms with Crippen LogP contribution in [0.4, 0.5) is 0 Å². The molecule has 2 aromatic rings. The first kappa shape index (κ1) is 12.5. The molecule has 4 heteroatoms. The summed E-state index contributed by atoms with van der Waals surface area (Å²) in [7, 11) is 1.65. The lowest BCUT2D eigenvalue weighted by molar-refractivity contribution is 0.415. The standard InChI is InChI=1S/C14H17N3O/c1-10(15)7-11-8-16-14(17-9-11)12-3-5-13(18-2)6-4-12/h3-6,8-10H,7,15H2,1-2H3. The van der Waals surface area contributed by atoms with Gasteiger partial charge in [-0.05, 0) is 43.2 Å². The van der Waals surface area contributed by atoms with Crippen LogP contribution in [-0.2, 0) is 6.42 Å². The van der Waals surface area contributed by atoms with E-state index in [9.17, 15) is 0 Å². The molecule has 1 unspecified atom stereocenters. The molecule has 0 radical (unpaired) electrons. The number of ether oxygens (including phenoxy) is 1. The molecule has 0 amide bonds. The highest BCUT2D eigenvalue weighted by Crippen LogP contribution is 2.18. The van der Waals surface area contributed by atoms with Gasteiger partial charge in [0, 0.05) is 24.0 Å². The lowest BCUT2D eigenvalue weighted by Crippen LogP contribution is -2.18. The first-order valence-corrected chi connectivity index (χ1v) is 5.90. The molecule has 0 aliphatic rings. The molecular weight excluding hydrogens is 226 g/mol. The summed E-state index contributed by atoms with van der Waals surface area (Å²) in [5.41, 5.74) is 7.77. The van der Waals surface area contributed by atoms with E-state index >= 15 is 0 Å². The molecule has 1 atom stereocenters. The van der Waals surface area contributed by atoms with Crippen molar-refractivity contribution in [3.05, 3.63) is 42.2 Å². The first-order chi connectivity index (χ1) is 8.69. The Kier molecular flexibility index (Phi) is 3.89. The molecule has 0 aliphatic heterocycles. The van der Waals surface area contributed by atoms with Crippen molar-refractivity contribution in [3.8, 4) is 17.1 Å². The van der Waals surface area contributed by atoms with Crippen LogP contribution in [0.15, 0.2) is 36.7 Å². The molecule has 1 aromatic heterocycles. The molecule has 94 valence electrons. The molecule has 2 rings (SSSR count). The van der Waals surface area contributed by atoms with Crippen LogP contribution in [0.2, 0.25) is 0 Å². The van der Waals surface area contributed by atoms with Crippen LogP contribution in [0.5, 0.6) is 5.75 Å². The Morgan fingerprint density at radius 2 is 1.78 bits per heavy atom. The zero-order valence-electron chi connectivity index (χ0n) is 10.6. The molecule has 1 heterocycles. The van der Waals surface area contributed by atoms with E-state index < -0.39 is 0 Å². The normalized spacial score (nSPS) is 12.2. The molecule has 0 bridgehead atoms. The van der Waals surface area contributed by atoms with Crippen molar-refractivity contribution in [3.63, 3.8) is 0 Å². The van der Waals surface area contributed by atoms with Crippen molar-refractivity contribution >= 4 is 0 Å². The lowest BCUT2D eigenvalue weighted by Gasteiger charge is -2.06. The third-order valence-corrected chi connectivity index (χ3v) is 2.61. The third-order valence-electron chi connectivity index (χ3n) is 2.61. The Labute approximate surface area is 107 Å². The first-order valence-electron chi connectivity index (χ1n) is 5.90. The van der Waals surface area contributed by atoms with Crippen molar-refractivity contribution in [2.24, 2.45) is 5.73 Å². The Morgan fingerprint density at radius 3 is 2.28 bits per heavy atom. The quantitative estimate of drug-likeness (QED) is 0.892. The van der Waals surface area contributed by atoms with Gasteiger partial charge >= 0.3 is 0 Å². The average molecular weight is 243 g/mol. The van der Waals surface area contributed by atoms with Crippen LogP contribution >= 0.6 is 0 Å². The maximum Gasteiger partial charge on any atom is 0.159 e. The summed E-state index contributed by atoms with van der Waals surface area (Å²) in [4.78, 5) is 8.70. The SMILES string of the molecule is COc1ccc(-c2ncc(CC(C)N)cn2)cc1. The van der Waals surface area contributed by atoms with E-state index in [1.165, 1.54) is 0 Å². The van der Waals surface area contributed by atoms with E-state index in [1.807, 2.05) is 43.6 Å². The van der Waals surface area contributed by atoms with Gasteiger partial charge in [0.25, 0.3) is 0 Å². The predicted octanol–water partition coefficient (Wildman–Crippen LogP) is 2.04. The molecule has 0 saturated heterocycles. The molecule has 1 aromatic carbocycles. The molecule has 18 heavy (non-hydrogen) atoms. The Balaban J connectivity index is 2.17. The van der Waals surface area contributed by atoms with Crippen molar-refractivity contribution in [1.29, 1.82) is 0 Å². The predicted molar refractivity (Wildman–Crippen MR) is 71.4 cm³/mol. The van der Waals surface area contributed by atoms with Crippen LogP contribution in [-0.4, -0.2) is 23.1 Å². The van der Waals surface area contributed by atoms with Crippen LogP contribution in [0.1, 0.15) is 12.5 Å². The second kappa shape index (κ2) is 5.60. The lowest BCUT2D eigenvalue weighted by atomic mass is 10.1. The summed E-state index contributed by atoms with van der Waals surface area (Å²) in [6, 6.07) is 7.81. The molecule has 0 fully saturated rings. The van der Waals surface area contributed by atoms with Crippen molar-refractivity contribution < 1.29 is 4.74 Å². The Morgan fingerprint density at radius 1 is 1.17 bits per heavy atom. The summed E-state index contributed by atoms with van der Waals surface area (Å²) in [5, 5.41) is 0. The number of nitrogens with two attached hydrogens (primary N) is 1. The fourth-order valence-electron chi connectivity index (χ4n) is 1.72. The highest BCUT2D eigenvalue weighted by atomic mass is 16.5. The van der Waals surface area contributed by atoms with E-state index in [1.54, 1.807) is 7.11 Å². The van der Waals surface area contributed by atoms with E-state index in [0.29, 0.717) is 5.82 Å². The van der Waals surface area contributed by atoms with Crippen LogP contribution in [0.3, 0.4) is 0 Å². The van der Waals surface area contributed by atoms with Crippen LogP contribution in [0.25, 0.3) is 11.4 Å². The largest absolute Gasteiger partial charge is 0.497 e. The zero-order valence-corrected chi connectivity index (χ0v) is 10.6. The second-order valence-corrected chi connectivity index (χ2v) is 4.32. The van der Waals surface area contributed by atoms with Gasteiger partial charge in [-0.3, -0.25) is 0 Å². The van der Waals surface area contributed by atoms with E-state index in [4.69, 9.17) is 10.5 Å². The second-order valence-electron chi connectivity index (χ2n) is 4.32. The van der Waals surface area contributed by atoms with Crippen molar-refractivity contribution in [2.75, 3.05) is 7.11 Å². The zero-order chi connectivity index (χ0) is 13.0. The third kappa shape index (κ3) is 3.05. The van der Waals surface area contributed by atoms with Gasteiger partial charge in [-0.1, -0.05) is 0 Å². The number of hydrogen-bond donors (Lipinski definition) is 1. The van der Waals surface area contributed by atoms with Gasteiger partial charge in [0.2, 0.25) is 0 Å². The highest BCUT2D eigenvalue weighted by Gasteiger charge is 2.03. The number of benzene rings is 1. The fourth-order valence-corrected chi connectivity index (χ4v) is 1.72. The number of rotatable bonds is 4. The number of hydrogen-bond acceptors (Lipinski definition) is 4. The van der Waals surface area contributed by atoms with E-state index in [-0.39, 0.29) is 6.04 Å². The maximum absolute atomic E-state index is 5.74. The number of methoxy groups -OCH3 is 1. The monoisotopic (exact) mass is 243 g/mol. The van der Waals surface area contributed by atoms with Crippen molar-refractivity contribution in [2.45, 2.75) is 19.4 Å². The van der Waals surface area contributed by atoms with Crippen LogP contribution < -0.4 is 10.5 Å². The minimum atomic E-state index is 0.125. The van der Waals surface area contributed by atoms with Gasteiger partial charge in [0.15, 0.2) is 5.82 Å². The molecule has 2 N–H and O–H groups in total. The van der Waals surface area contributed by atoms with E-state index in [0.717, 1.165) is 23.3 Å². The smallest absolute Gasteiger partial charge is 0.159 e. The minimum Gasteiger partial charge on any atom is -0.497 e. The summed E-state index contributed by atoms with van der Waals surface area (Å²) in [6.07, 6.45) is 4.45. The van der Waals surface area contributed by atoms with Gasteiger partial charge in [-0.2, -0.15) is 0 Å². The Bertz CT molecular complexity index is 491. The maximum atomic E-state index is 5.74. The molecule has 0 aliphatic carbocycles. The van der Waals surface area contributed by atoms with Crippen LogP contribution in [0, 0.1) is 0 Å². The van der Waals surface area contributed by atoms with E-state index in [2.05, 4.69) is 9.97 Å². The minimum absolute atomic E-state index is 0.125. The summed E-state index contributed by atoms with van der Waals surface area (Å²) in [6.45, 7) is 1.97. The average Bonchev–Trinajstić information content (AvgIpc) is 2.39. The van der Waals surface area contributed by atoms with Gasteiger partial charge < -0.3 is 10.5 Å². The van der Waals surface area contributed by atoms with Crippen molar-refractivity contribution in [1.82, 2.24) is 9.97 Å². The number of nitrogens with zero attached hydrogens (tertiary/aromatic N) is 2. The number of aromatic nitrogens is 2. The molecule has 0 saturated carbocycles. The highest BCUT2D eigenvalue weighted by molar-refractivity contribution is 5.55. The Hall–Kier alpha value is -1.94. The topological polar surface area (TPSA) is 61.0 Å².